The molecule has 1 fully saturated rings. The first-order valence-electron chi connectivity index (χ1n) is 6.80. The second-order valence-electron chi connectivity index (χ2n) is 5.14. The summed E-state index contributed by atoms with van der Waals surface area (Å²) in [6, 6.07) is 3.98. The van der Waals surface area contributed by atoms with E-state index >= 15 is 0 Å². The molecule has 2 rings (SSSR count). The van der Waals surface area contributed by atoms with Crippen LogP contribution in [0.4, 0.5) is 0 Å². The van der Waals surface area contributed by atoms with Gasteiger partial charge in [0.2, 0.25) is 0 Å². The summed E-state index contributed by atoms with van der Waals surface area (Å²) in [7, 11) is 1.65. The van der Waals surface area contributed by atoms with Gasteiger partial charge in [0.15, 0.2) is 11.5 Å². The second-order valence-corrected chi connectivity index (χ2v) is 6.00. The van der Waals surface area contributed by atoms with Crippen LogP contribution in [-0.4, -0.2) is 24.9 Å². The molecule has 1 aliphatic carbocycles. The molecule has 1 aromatic rings. The molecule has 0 radical (unpaired) electrons. The van der Waals surface area contributed by atoms with Gasteiger partial charge in [-0.25, -0.2) is 0 Å². The van der Waals surface area contributed by atoms with E-state index in [0.717, 1.165) is 34.4 Å². The third-order valence-corrected chi connectivity index (χ3v) is 4.26. The average molecular weight is 329 g/mol. The topological polar surface area (TPSA) is 38.7 Å². The molecule has 0 heterocycles. The number of methoxy groups -OCH3 is 1. The lowest BCUT2D eigenvalue weighted by molar-refractivity contribution is 0.200. The highest BCUT2D eigenvalue weighted by Gasteiger charge is 2.21. The molecule has 0 spiro atoms. The number of halogens is 1. The van der Waals surface area contributed by atoms with Crippen molar-refractivity contribution in [2.45, 2.75) is 44.6 Å². The molecule has 1 saturated carbocycles. The van der Waals surface area contributed by atoms with Crippen LogP contribution < -0.4 is 9.47 Å². The maximum atomic E-state index is 9.29. The molecule has 0 aromatic heterocycles. The van der Waals surface area contributed by atoms with E-state index in [9.17, 15) is 5.11 Å². The summed E-state index contributed by atoms with van der Waals surface area (Å²) in [5.74, 6) is 1.60. The predicted octanol–water partition coefficient (Wildman–Crippen LogP) is 3.87. The van der Waals surface area contributed by atoms with Crippen LogP contribution in [0.15, 0.2) is 16.6 Å². The summed E-state index contributed by atoms with van der Waals surface area (Å²) in [5, 5.41) is 9.29. The van der Waals surface area contributed by atoms with E-state index in [1.807, 2.05) is 19.1 Å². The number of rotatable bonds is 5. The van der Waals surface area contributed by atoms with E-state index in [0.29, 0.717) is 6.10 Å². The van der Waals surface area contributed by atoms with Crippen molar-refractivity contribution in [2.24, 2.45) is 0 Å². The van der Waals surface area contributed by atoms with Crippen LogP contribution in [0.25, 0.3) is 0 Å². The minimum Gasteiger partial charge on any atom is -0.492 e. The molecular weight excluding hydrogens is 308 g/mol. The van der Waals surface area contributed by atoms with E-state index in [4.69, 9.17) is 9.47 Å². The van der Waals surface area contributed by atoms with Crippen molar-refractivity contribution in [3.63, 3.8) is 0 Å². The lowest BCUT2D eigenvalue weighted by atomic mass is 10.0. The molecule has 0 aliphatic heterocycles. The molecule has 19 heavy (non-hydrogen) atoms. The molecule has 1 aromatic carbocycles. The Balaban J connectivity index is 2.29. The third kappa shape index (κ3) is 3.42. The number of hydrogen-bond acceptors (Lipinski definition) is 3. The van der Waals surface area contributed by atoms with Gasteiger partial charge in [0.1, 0.15) is 0 Å². The van der Waals surface area contributed by atoms with Gasteiger partial charge in [-0.2, -0.15) is 0 Å². The number of benzene rings is 1. The Labute approximate surface area is 123 Å². The first-order chi connectivity index (χ1) is 9.15. The Hall–Kier alpha value is -0.740. The summed E-state index contributed by atoms with van der Waals surface area (Å²) in [5.41, 5.74) is 1.06. The van der Waals surface area contributed by atoms with Gasteiger partial charge in [-0.1, -0.05) is 6.92 Å². The smallest absolute Gasteiger partial charge is 0.174 e. The summed E-state index contributed by atoms with van der Waals surface area (Å²) >= 11 is 3.52. The molecule has 1 unspecified atom stereocenters. The minimum atomic E-state index is 0.0909. The van der Waals surface area contributed by atoms with E-state index in [1.54, 1.807) is 7.11 Å². The van der Waals surface area contributed by atoms with Gasteiger partial charge in [-0.05, 0) is 59.3 Å². The van der Waals surface area contributed by atoms with E-state index in [-0.39, 0.29) is 12.5 Å². The first-order valence-corrected chi connectivity index (χ1v) is 7.60. The normalized spacial score (nSPS) is 17.5. The largest absolute Gasteiger partial charge is 0.492 e. The summed E-state index contributed by atoms with van der Waals surface area (Å²) in [6.07, 6.45) is 4.99. The fourth-order valence-corrected chi connectivity index (χ4v) is 3.07. The highest BCUT2D eigenvalue weighted by Crippen LogP contribution is 2.40. The average Bonchev–Trinajstić information content (AvgIpc) is 2.90. The van der Waals surface area contributed by atoms with Crippen LogP contribution in [0, 0.1) is 0 Å². The standard InChI is InChI=1S/C15H21BrO3/c1-10(9-17)11-7-13(16)15(18-2)14(8-11)19-12-5-3-4-6-12/h7-8,10,12,17H,3-6,9H2,1-2H3. The monoisotopic (exact) mass is 328 g/mol. The van der Waals surface area contributed by atoms with Crippen LogP contribution in [0.5, 0.6) is 11.5 Å². The fourth-order valence-electron chi connectivity index (χ4n) is 2.45. The number of ether oxygens (including phenoxy) is 2. The number of hydrogen-bond donors (Lipinski definition) is 1. The van der Waals surface area contributed by atoms with E-state index in [2.05, 4.69) is 15.9 Å². The summed E-state index contributed by atoms with van der Waals surface area (Å²) in [6.45, 7) is 2.12. The highest BCUT2D eigenvalue weighted by molar-refractivity contribution is 9.10. The van der Waals surface area contributed by atoms with Gasteiger partial charge in [0, 0.05) is 12.5 Å². The number of aliphatic hydroxyl groups excluding tert-OH is 1. The van der Waals surface area contributed by atoms with Gasteiger partial charge in [0.05, 0.1) is 17.7 Å². The molecule has 1 atom stereocenters. The van der Waals surface area contributed by atoms with Gasteiger partial charge < -0.3 is 14.6 Å². The molecule has 1 N–H and O–H groups in total. The van der Waals surface area contributed by atoms with Crippen molar-refractivity contribution < 1.29 is 14.6 Å². The fraction of sp³-hybridized carbons (Fsp3) is 0.600. The van der Waals surface area contributed by atoms with Crippen molar-refractivity contribution in [3.8, 4) is 11.5 Å². The molecule has 3 nitrogen and oxygen atoms in total. The molecule has 0 amide bonds. The molecule has 0 saturated heterocycles. The third-order valence-electron chi connectivity index (χ3n) is 3.67. The van der Waals surface area contributed by atoms with Crippen LogP contribution in [-0.2, 0) is 0 Å². The van der Waals surface area contributed by atoms with Crippen molar-refractivity contribution in [3.05, 3.63) is 22.2 Å². The molecule has 0 bridgehead atoms. The van der Waals surface area contributed by atoms with Crippen LogP contribution in [0.1, 0.15) is 44.1 Å². The van der Waals surface area contributed by atoms with Crippen molar-refractivity contribution >= 4 is 15.9 Å². The predicted molar refractivity (Wildman–Crippen MR) is 79.1 cm³/mol. The Morgan fingerprint density at radius 1 is 1.37 bits per heavy atom. The second kappa shape index (κ2) is 6.62. The van der Waals surface area contributed by atoms with E-state index in [1.165, 1.54) is 12.8 Å². The Kier molecular flexibility index (Phi) is 5.11. The lowest BCUT2D eigenvalue weighted by Gasteiger charge is -2.19. The molecule has 106 valence electrons. The minimum absolute atomic E-state index is 0.0909. The van der Waals surface area contributed by atoms with Crippen molar-refractivity contribution in [1.82, 2.24) is 0 Å². The molecular formula is C15H21BrO3. The zero-order valence-electron chi connectivity index (χ0n) is 11.5. The van der Waals surface area contributed by atoms with Gasteiger partial charge in [-0.3, -0.25) is 0 Å². The zero-order chi connectivity index (χ0) is 13.8. The number of aliphatic hydroxyl groups is 1. The van der Waals surface area contributed by atoms with E-state index < -0.39 is 0 Å². The van der Waals surface area contributed by atoms with Crippen molar-refractivity contribution in [2.75, 3.05) is 13.7 Å². The van der Waals surface area contributed by atoms with Gasteiger partial charge >= 0.3 is 0 Å². The van der Waals surface area contributed by atoms with Crippen molar-refractivity contribution in [1.29, 1.82) is 0 Å². The van der Waals surface area contributed by atoms with Crippen LogP contribution in [0.2, 0.25) is 0 Å². The Bertz CT molecular complexity index is 428. The maximum Gasteiger partial charge on any atom is 0.174 e. The summed E-state index contributed by atoms with van der Waals surface area (Å²) < 4.78 is 12.4. The maximum absolute atomic E-state index is 9.29. The van der Waals surface area contributed by atoms with Crippen LogP contribution in [0.3, 0.4) is 0 Å². The Morgan fingerprint density at radius 3 is 2.63 bits per heavy atom. The van der Waals surface area contributed by atoms with Gasteiger partial charge in [-0.15, -0.1) is 0 Å². The highest BCUT2D eigenvalue weighted by atomic mass is 79.9. The van der Waals surface area contributed by atoms with Gasteiger partial charge in [0.25, 0.3) is 0 Å². The lowest BCUT2D eigenvalue weighted by Crippen LogP contribution is -2.12. The Morgan fingerprint density at radius 2 is 2.05 bits per heavy atom. The van der Waals surface area contributed by atoms with Crippen LogP contribution >= 0.6 is 15.9 Å². The SMILES string of the molecule is COc1c(Br)cc(C(C)CO)cc1OC1CCCC1. The zero-order valence-corrected chi connectivity index (χ0v) is 13.1. The molecule has 1 aliphatic rings. The summed E-state index contributed by atoms with van der Waals surface area (Å²) in [4.78, 5) is 0. The molecule has 4 heteroatoms. The quantitative estimate of drug-likeness (QED) is 0.891. The first kappa shape index (κ1) is 14.7.